The summed E-state index contributed by atoms with van der Waals surface area (Å²) in [4.78, 5) is 1.14. The number of nitrogens with two attached hydrogens (primary N) is 1. The zero-order valence-electron chi connectivity index (χ0n) is 10.3. The van der Waals surface area contributed by atoms with Crippen molar-refractivity contribution in [1.29, 1.82) is 0 Å². The van der Waals surface area contributed by atoms with Gasteiger partial charge in [0.15, 0.2) is 0 Å². The molecule has 0 aliphatic carbocycles. The lowest BCUT2D eigenvalue weighted by atomic mass is 10.2. The van der Waals surface area contributed by atoms with Gasteiger partial charge >= 0.3 is 0 Å². The number of nitrogen functional groups attached to an aromatic ring is 1. The molecule has 100 valence electrons. The van der Waals surface area contributed by atoms with Gasteiger partial charge in [-0.05, 0) is 52.3 Å². The SMILES string of the molecule is COc1ccc(Cl)cc1CSc1ccc(N)cc1Br. The Hall–Kier alpha value is -0.840. The maximum Gasteiger partial charge on any atom is 0.123 e. The van der Waals surface area contributed by atoms with Gasteiger partial charge in [0.2, 0.25) is 0 Å². The zero-order valence-corrected chi connectivity index (χ0v) is 13.5. The topological polar surface area (TPSA) is 35.2 Å². The van der Waals surface area contributed by atoms with Crippen molar-refractivity contribution in [2.75, 3.05) is 12.8 Å². The Morgan fingerprint density at radius 1 is 1.26 bits per heavy atom. The minimum absolute atomic E-state index is 0.716. The van der Waals surface area contributed by atoms with Crippen LogP contribution >= 0.6 is 39.3 Å². The fraction of sp³-hybridized carbons (Fsp3) is 0.143. The second-order valence-electron chi connectivity index (χ2n) is 3.93. The molecule has 0 unspecified atom stereocenters. The normalized spacial score (nSPS) is 10.5. The summed E-state index contributed by atoms with van der Waals surface area (Å²) in [6, 6.07) is 11.4. The maximum atomic E-state index is 6.02. The second kappa shape index (κ2) is 6.55. The monoisotopic (exact) mass is 357 g/mol. The quantitative estimate of drug-likeness (QED) is 0.618. The molecule has 0 bridgehead atoms. The Labute approximate surface area is 130 Å². The summed E-state index contributed by atoms with van der Waals surface area (Å²) in [7, 11) is 1.66. The first kappa shape index (κ1) is 14.6. The molecule has 0 saturated carbocycles. The van der Waals surface area contributed by atoms with Crippen molar-refractivity contribution in [2.24, 2.45) is 0 Å². The fourth-order valence-electron chi connectivity index (χ4n) is 1.65. The fourth-order valence-corrected chi connectivity index (χ4v) is 3.48. The van der Waals surface area contributed by atoms with E-state index in [9.17, 15) is 0 Å². The summed E-state index contributed by atoms with van der Waals surface area (Å²) in [5.74, 6) is 1.63. The molecular formula is C14H13BrClNOS. The first-order valence-corrected chi connectivity index (χ1v) is 7.76. The highest BCUT2D eigenvalue weighted by Gasteiger charge is 2.07. The highest BCUT2D eigenvalue weighted by atomic mass is 79.9. The lowest BCUT2D eigenvalue weighted by Crippen LogP contribution is -1.91. The molecule has 2 aromatic carbocycles. The average molecular weight is 359 g/mol. The second-order valence-corrected chi connectivity index (χ2v) is 6.24. The Bertz CT molecular complexity index is 592. The maximum absolute atomic E-state index is 6.02. The van der Waals surface area contributed by atoms with E-state index in [1.54, 1.807) is 18.9 Å². The van der Waals surface area contributed by atoms with Gasteiger partial charge in [-0.25, -0.2) is 0 Å². The van der Waals surface area contributed by atoms with Gasteiger partial charge < -0.3 is 10.5 Å². The molecule has 2 N–H and O–H groups in total. The number of thioether (sulfide) groups is 1. The third kappa shape index (κ3) is 3.81. The summed E-state index contributed by atoms with van der Waals surface area (Å²) >= 11 is 11.2. The predicted octanol–water partition coefficient (Wildman–Crippen LogP) is 4.99. The molecule has 0 aliphatic rings. The summed E-state index contributed by atoms with van der Waals surface area (Å²) in [6.07, 6.45) is 0. The molecule has 5 heteroatoms. The molecule has 0 aliphatic heterocycles. The van der Waals surface area contributed by atoms with Crippen LogP contribution in [0.2, 0.25) is 5.02 Å². The van der Waals surface area contributed by atoms with Crippen molar-refractivity contribution >= 4 is 45.0 Å². The number of methoxy groups -OCH3 is 1. The number of halogens is 2. The number of benzene rings is 2. The van der Waals surface area contributed by atoms with Crippen molar-refractivity contribution in [3.63, 3.8) is 0 Å². The lowest BCUT2D eigenvalue weighted by Gasteiger charge is -2.10. The molecule has 0 spiro atoms. The van der Waals surface area contributed by atoms with E-state index in [1.165, 1.54) is 0 Å². The lowest BCUT2D eigenvalue weighted by molar-refractivity contribution is 0.411. The summed E-state index contributed by atoms with van der Waals surface area (Å²) < 4.78 is 6.33. The van der Waals surface area contributed by atoms with E-state index in [4.69, 9.17) is 22.1 Å². The Morgan fingerprint density at radius 3 is 2.74 bits per heavy atom. The standard InChI is InChI=1S/C14H13BrClNOS/c1-18-13-4-2-10(16)6-9(13)8-19-14-5-3-11(17)7-12(14)15/h2-7H,8,17H2,1H3. The van der Waals surface area contributed by atoms with Crippen LogP contribution < -0.4 is 10.5 Å². The molecule has 0 heterocycles. The van der Waals surface area contributed by atoms with Crippen LogP contribution in [0.4, 0.5) is 5.69 Å². The zero-order chi connectivity index (χ0) is 13.8. The molecule has 0 saturated heterocycles. The number of hydrogen-bond donors (Lipinski definition) is 1. The average Bonchev–Trinajstić information content (AvgIpc) is 2.38. The van der Waals surface area contributed by atoms with Gasteiger partial charge in [-0.2, -0.15) is 0 Å². The highest BCUT2D eigenvalue weighted by Crippen LogP contribution is 2.34. The van der Waals surface area contributed by atoms with E-state index >= 15 is 0 Å². The van der Waals surface area contributed by atoms with Crippen LogP contribution in [-0.4, -0.2) is 7.11 Å². The molecule has 0 atom stereocenters. The van der Waals surface area contributed by atoms with Crippen LogP contribution in [0.5, 0.6) is 5.75 Å². The Morgan fingerprint density at radius 2 is 2.05 bits per heavy atom. The van der Waals surface area contributed by atoms with Crippen LogP contribution in [0.25, 0.3) is 0 Å². The Kier molecular flexibility index (Phi) is 5.02. The van der Waals surface area contributed by atoms with Crippen LogP contribution in [-0.2, 0) is 5.75 Å². The number of anilines is 1. The third-order valence-electron chi connectivity index (χ3n) is 2.58. The van der Waals surface area contributed by atoms with Gasteiger partial charge in [0.05, 0.1) is 7.11 Å². The first-order valence-electron chi connectivity index (χ1n) is 5.60. The van der Waals surface area contributed by atoms with E-state index in [1.807, 2.05) is 36.4 Å². The van der Waals surface area contributed by atoms with Gasteiger partial charge in [0.1, 0.15) is 5.75 Å². The Balaban J connectivity index is 2.16. The van der Waals surface area contributed by atoms with E-state index in [0.29, 0.717) is 5.02 Å². The van der Waals surface area contributed by atoms with Crippen molar-refractivity contribution in [3.05, 3.63) is 51.5 Å². The largest absolute Gasteiger partial charge is 0.496 e. The predicted molar refractivity (Wildman–Crippen MR) is 86.1 cm³/mol. The van der Waals surface area contributed by atoms with Crippen LogP contribution in [0.15, 0.2) is 45.8 Å². The smallest absolute Gasteiger partial charge is 0.123 e. The molecule has 0 amide bonds. The highest BCUT2D eigenvalue weighted by molar-refractivity contribution is 9.10. The van der Waals surface area contributed by atoms with Crippen LogP contribution in [0.3, 0.4) is 0 Å². The number of ether oxygens (including phenoxy) is 1. The first-order chi connectivity index (χ1) is 9.10. The number of hydrogen-bond acceptors (Lipinski definition) is 3. The molecule has 2 aromatic rings. The van der Waals surface area contributed by atoms with Gasteiger partial charge in [-0.15, -0.1) is 11.8 Å². The van der Waals surface area contributed by atoms with E-state index in [-0.39, 0.29) is 0 Å². The van der Waals surface area contributed by atoms with Gasteiger partial charge in [0.25, 0.3) is 0 Å². The molecular weight excluding hydrogens is 346 g/mol. The van der Waals surface area contributed by atoms with E-state index in [2.05, 4.69) is 15.9 Å². The van der Waals surface area contributed by atoms with Gasteiger partial charge in [0, 0.05) is 31.4 Å². The third-order valence-corrected chi connectivity index (χ3v) is 4.86. The van der Waals surface area contributed by atoms with Crippen molar-refractivity contribution in [3.8, 4) is 5.75 Å². The van der Waals surface area contributed by atoms with E-state index in [0.717, 1.165) is 32.1 Å². The summed E-state index contributed by atoms with van der Waals surface area (Å²) in [5.41, 5.74) is 7.54. The minimum atomic E-state index is 0.716. The van der Waals surface area contributed by atoms with Crippen molar-refractivity contribution in [1.82, 2.24) is 0 Å². The molecule has 0 aromatic heterocycles. The van der Waals surface area contributed by atoms with Crippen molar-refractivity contribution in [2.45, 2.75) is 10.6 Å². The van der Waals surface area contributed by atoms with Gasteiger partial charge in [-0.3, -0.25) is 0 Å². The number of rotatable bonds is 4. The van der Waals surface area contributed by atoms with Crippen LogP contribution in [0.1, 0.15) is 5.56 Å². The summed E-state index contributed by atoms with van der Waals surface area (Å²) in [6.45, 7) is 0. The summed E-state index contributed by atoms with van der Waals surface area (Å²) in [5, 5.41) is 0.716. The van der Waals surface area contributed by atoms with Gasteiger partial charge in [-0.1, -0.05) is 11.6 Å². The molecule has 2 rings (SSSR count). The molecule has 2 nitrogen and oxygen atoms in total. The molecule has 0 radical (unpaired) electrons. The molecule has 0 fully saturated rings. The minimum Gasteiger partial charge on any atom is -0.496 e. The van der Waals surface area contributed by atoms with E-state index < -0.39 is 0 Å². The molecule has 19 heavy (non-hydrogen) atoms. The van der Waals surface area contributed by atoms with Crippen LogP contribution in [0, 0.1) is 0 Å². The van der Waals surface area contributed by atoms with Crippen molar-refractivity contribution < 1.29 is 4.74 Å².